The topological polar surface area (TPSA) is 67.9 Å². The van der Waals surface area contributed by atoms with E-state index < -0.39 is 6.04 Å². The van der Waals surface area contributed by atoms with E-state index in [1.807, 2.05) is 83.1 Å². The number of carbonyl (C=O) groups excluding carboxylic acids is 2. The number of carbonyl (C=O) groups is 2. The van der Waals surface area contributed by atoms with Crippen LogP contribution in [-0.2, 0) is 16.1 Å². The number of ether oxygens (including phenoxy) is 2. The summed E-state index contributed by atoms with van der Waals surface area (Å²) < 4.78 is 10.9. The molecule has 33 heavy (non-hydrogen) atoms. The van der Waals surface area contributed by atoms with Gasteiger partial charge in [0.15, 0.2) is 0 Å². The van der Waals surface area contributed by atoms with Gasteiger partial charge in [-0.3, -0.25) is 9.59 Å². The number of aryl methyl sites for hydroxylation is 1. The minimum atomic E-state index is -0.527. The Morgan fingerprint density at radius 2 is 1.61 bits per heavy atom. The third-order valence-electron chi connectivity index (χ3n) is 5.22. The van der Waals surface area contributed by atoms with Crippen LogP contribution in [-0.4, -0.2) is 42.0 Å². The van der Waals surface area contributed by atoms with Crippen molar-refractivity contribution < 1.29 is 19.1 Å². The van der Waals surface area contributed by atoms with Crippen molar-refractivity contribution in [2.75, 3.05) is 13.7 Å². The van der Waals surface area contributed by atoms with Gasteiger partial charge in [0, 0.05) is 18.5 Å². The van der Waals surface area contributed by atoms with Gasteiger partial charge in [0.05, 0.1) is 13.7 Å². The molecular formula is C27H38N2O4. The lowest BCUT2D eigenvalue weighted by molar-refractivity contribution is -0.142. The number of benzene rings is 2. The molecule has 2 rings (SSSR count). The smallest absolute Gasteiger partial charge is 0.243 e. The number of nitrogens with one attached hydrogen (secondary N) is 1. The van der Waals surface area contributed by atoms with Gasteiger partial charge in [-0.15, -0.1) is 0 Å². The summed E-state index contributed by atoms with van der Waals surface area (Å²) in [6, 6.07) is 14.9. The lowest BCUT2D eigenvalue weighted by atomic mass is 10.0. The first-order valence-electron chi connectivity index (χ1n) is 11.6. The van der Waals surface area contributed by atoms with Crippen molar-refractivity contribution in [3.8, 4) is 11.5 Å². The maximum atomic E-state index is 13.3. The highest BCUT2D eigenvalue weighted by atomic mass is 16.5. The highest BCUT2D eigenvalue weighted by Crippen LogP contribution is 2.19. The van der Waals surface area contributed by atoms with Gasteiger partial charge in [0.1, 0.15) is 17.5 Å². The normalized spacial score (nSPS) is 12.1. The molecule has 2 amide bonds. The first-order chi connectivity index (χ1) is 15.6. The number of nitrogens with zero attached hydrogens (tertiary/aromatic N) is 1. The Kier molecular flexibility index (Phi) is 9.76. The molecule has 6 nitrogen and oxygen atoms in total. The SMILES string of the molecule is CCC(C(=O)NC(C)(C)C)N(Cc1ccc(C)cc1)C(=O)CCCOc1ccc(OC)cc1. The van der Waals surface area contributed by atoms with Crippen LogP contribution in [0.15, 0.2) is 48.5 Å². The van der Waals surface area contributed by atoms with Crippen molar-refractivity contribution in [3.05, 3.63) is 59.7 Å². The molecule has 0 radical (unpaired) electrons. The molecule has 1 atom stereocenters. The molecule has 0 aliphatic rings. The second-order valence-electron chi connectivity index (χ2n) is 9.30. The van der Waals surface area contributed by atoms with Crippen LogP contribution < -0.4 is 14.8 Å². The van der Waals surface area contributed by atoms with Gasteiger partial charge in [-0.05, 0) is 70.4 Å². The van der Waals surface area contributed by atoms with Crippen LogP contribution in [0.2, 0.25) is 0 Å². The van der Waals surface area contributed by atoms with E-state index in [4.69, 9.17) is 9.47 Å². The molecule has 0 aromatic heterocycles. The van der Waals surface area contributed by atoms with Gasteiger partial charge >= 0.3 is 0 Å². The highest BCUT2D eigenvalue weighted by molar-refractivity contribution is 5.88. The summed E-state index contributed by atoms with van der Waals surface area (Å²) >= 11 is 0. The quantitative estimate of drug-likeness (QED) is 0.491. The van der Waals surface area contributed by atoms with Crippen LogP contribution in [0.5, 0.6) is 11.5 Å². The van der Waals surface area contributed by atoms with Crippen LogP contribution in [0, 0.1) is 6.92 Å². The van der Waals surface area contributed by atoms with Crippen molar-refractivity contribution in [2.45, 2.75) is 72.0 Å². The average Bonchev–Trinajstić information content (AvgIpc) is 2.77. The first kappa shape index (κ1) is 26.2. The lowest BCUT2D eigenvalue weighted by Crippen LogP contribution is -2.53. The molecule has 180 valence electrons. The molecule has 1 N–H and O–H groups in total. The summed E-state index contributed by atoms with van der Waals surface area (Å²) in [4.78, 5) is 28.0. The van der Waals surface area contributed by atoms with Gasteiger partial charge in [0.25, 0.3) is 0 Å². The number of hydrogen-bond donors (Lipinski definition) is 1. The fraction of sp³-hybridized carbons (Fsp3) is 0.481. The van der Waals surface area contributed by atoms with Gasteiger partial charge in [0.2, 0.25) is 11.8 Å². The van der Waals surface area contributed by atoms with Crippen molar-refractivity contribution in [2.24, 2.45) is 0 Å². The third-order valence-corrected chi connectivity index (χ3v) is 5.22. The predicted octanol–water partition coefficient (Wildman–Crippen LogP) is 4.88. The summed E-state index contributed by atoms with van der Waals surface area (Å²) in [5.41, 5.74) is 1.80. The van der Waals surface area contributed by atoms with Crippen LogP contribution in [0.3, 0.4) is 0 Å². The fourth-order valence-electron chi connectivity index (χ4n) is 3.49. The molecule has 0 heterocycles. The summed E-state index contributed by atoms with van der Waals surface area (Å²) in [5.74, 6) is 1.32. The van der Waals surface area contributed by atoms with Gasteiger partial charge in [-0.1, -0.05) is 36.8 Å². The summed E-state index contributed by atoms with van der Waals surface area (Å²) in [7, 11) is 1.62. The summed E-state index contributed by atoms with van der Waals surface area (Å²) in [6.45, 7) is 10.6. The van der Waals surface area contributed by atoms with Crippen LogP contribution in [0.25, 0.3) is 0 Å². The second kappa shape index (κ2) is 12.3. The minimum Gasteiger partial charge on any atom is -0.497 e. The van der Waals surface area contributed by atoms with Gasteiger partial charge in [-0.2, -0.15) is 0 Å². The van der Waals surface area contributed by atoms with E-state index in [1.54, 1.807) is 12.0 Å². The molecule has 1 unspecified atom stereocenters. The monoisotopic (exact) mass is 454 g/mol. The number of methoxy groups -OCH3 is 1. The zero-order valence-corrected chi connectivity index (χ0v) is 20.8. The Bertz CT molecular complexity index is 886. The molecule has 0 bridgehead atoms. The summed E-state index contributed by atoms with van der Waals surface area (Å²) in [6.07, 6.45) is 1.41. The maximum Gasteiger partial charge on any atom is 0.243 e. The van der Waals surface area contributed by atoms with Crippen molar-refractivity contribution in [1.82, 2.24) is 10.2 Å². The highest BCUT2D eigenvalue weighted by Gasteiger charge is 2.30. The van der Waals surface area contributed by atoms with E-state index in [1.165, 1.54) is 0 Å². The molecule has 0 saturated carbocycles. The van der Waals surface area contributed by atoms with Crippen molar-refractivity contribution in [3.63, 3.8) is 0 Å². The van der Waals surface area contributed by atoms with E-state index in [-0.39, 0.29) is 17.4 Å². The molecular weight excluding hydrogens is 416 g/mol. The van der Waals surface area contributed by atoms with E-state index in [9.17, 15) is 9.59 Å². The number of amides is 2. The zero-order chi connectivity index (χ0) is 24.4. The molecule has 2 aromatic carbocycles. The van der Waals surface area contributed by atoms with Crippen LogP contribution >= 0.6 is 0 Å². The van der Waals surface area contributed by atoms with E-state index in [2.05, 4.69) is 5.32 Å². The molecule has 6 heteroatoms. The molecule has 0 spiro atoms. The molecule has 0 aliphatic carbocycles. The lowest BCUT2D eigenvalue weighted by Gasteiger charge is -2.33. The molecule has 0 fully saturated rings. The van der Waals surface area contributed by atoms with Gasteiger partial charge < -0.3 is 19.7 Å². The largest absolute Gasteiger partial charge is 0.497 e. The van der Waals surface area contributed by atoms with E-state index in [0.29, 0.717) is 32.4 Å². The standard InChI is InChI=1S/C27H38N2O4/c1-7-24(26(31)28-27(3,4)5)29(19-21-12-10-20(2)11-13-21)25(30)9-8-18-33-23-16-14-22(32-6)15-17-23/h10-17,24H,7-9,18-19H2,1-6H3,(H,28,31). The zero-order valence-electron chi connectivity index (χ0n) is 20.8. The Morgan fingerprint density at radius 3 is 2.15 bits per heavy atom. The molecule has 2 aromatic rings. The third kappa shape index (κ3) is 8.79. The van der Waals surface area contributed by atoms with E-state index in [0.717, 1.165) is 22.6 Å². The van der Waals surface area contributed by atoms with Gasteiger partial charge in [-0.25, -0.2) is 0 Å². The second-order valence-corrected chi connectivity index (χ2v) is 9.30. The average molecular weight is 455 g/mol. The van der Waals surface area contributed by atoms with Crippen molar-refractivity contribution >= 4 is 11.8 Å². The molecule has 0 aliphatic heterocycles. The number of rotatable bonds is 11. The predicted molar refractivity (Wildman–Crippen MR) is 131 cm³/mol. The Hall–Kier alpha value is -3.02. The Morgan fingerprint density at radius 1 is 1.00 bits per heavy atom. The maximum absolute atomic E-state index is 13.3. The Balaban J connectivity index is 2.05. The fourth-order valence-corrected chi connectivity index (χ4v) is 3.49. The first-order valence-corrected chi connectivity index (χ1v) is 11.6. The van der Waals surface area contributed by atoms with Crippen LogP contribution in [0.1, 0.15) is 58.1 Å². The minimum absolute atomic E-state index is 0.0511. The van der Waals surface area contributed by atoms with E-state index >= 15 is 0 Å². The Labute approximate surface area is 198 Å². The number of hydrogen-bond acceptors (Lipinski definition) is 4. The van der Waals surface area contributed by atoms with Crippen molar-refractivity contribution in [1.29, 1.82) is 0 Å². The van der Waals surface area contributed by atoms with Crippen LogP contribution in [0.4, 0.5) is 0 Å². The summed E-state index contributed by atoms with van der Waals surface area (Å²) in [5, 5.41) is 3.03. The molecule has 0 saturated heterocycles.